The molecule has 2 rings (SSSR count). The van der Waals surface area contributed by atoms with Gasteiger partial charge in [0.15, 0.2) is 5.78 Å². The summed E-state index contributed by atoms with van der Waals surface area (Å²) in [5.41, 5.74) is 2.42. The van der Waals surface area contributed by atoms with Crippen LogP contribution in [-0.4, -0.2) is 11.6 Å². The molecule has 0 amide bonds. The molecule has 2 aromatic rings. The van der Waals surface area contributed by atoms with Gasteiger partial charge in [-0.2, -0.15) is 0 Å². The molecule has 0 aliphatic rings. The Morgan fingerprint density at radius 1 is 0.917 bits per heavy atom. The van der Waals surface area contributed by atoms with Crippen molar-refractivity contribution in [3.05, 3.63) is 71.3 Å². The van der Waals surface area contributed by atoms with E-state index in [1.165, 1.54) is 0 Å². The van der Waals surface area contributed by atoms with Crippen molar-refractivity contribution < 1.29 is 9.59 Å². The molecule has 0 heterocycles. The average molecular weight is 322 g/mol. The lowest BCUT2D eigenvalue weighted by Crippen LogP contribution is -2.20. The van der Waals surface area contributed by atoms with Gasteiger partial charge in [-0.3, -0.25) is 9.59 Å². The van der Waals surface area contributed by atoms with Gasteiger partial charge in [-0.1, -0.05) is 76.2 Å². The fourth-order valence-corrected chi connectivity index (χ4v) is 2.71. The zero-order valence-electron chi connectivity index (χ0n) is 15.0. The molecule has 1 unspecified atom stereocenters. The Hall–Kier alpha value is -2.22. The van der Waals surface area contributed by atoms with E-state index in [4.69, 9.17) is 0 Å². The van der Waals surface area contributed by atoms with Crippen LogP contribution in [0.5, 0.6) is 0 Å². The molecule has 2 aromatic carbocycles. The number of hydrogen-bond donors (Lipinski definition) is 0. The predicted octanol–water partition coefficient (Wildman–Crippen LogP) is 4.91. The number of rotatable bonds is 6. The summed E-state index contributed by atoms with van der Waals surface area (Å²) in [5, 5.41) is 0. The maximum Gasteiger partial charge on any atom is 0.168 e. The minimum absolute atomic E-state index is 0.0646. The molecule has 2 heteroatoms. The van der Waals surface area contributed by atoms with E-state index in [2.05, 4.69) is 0 Å². The van der Waals surface area contributed by atoms with Crippen LogP contribution in [0, 0.1) is 11.3 Å². The largest absolute Gasteiger partial charge is 0.299 e. The number of benzene rings is 2. The van der Waals surface area contributed by atoms with Gasteiger partial charge < -0.3 is 0 Å². The molecule has 126 valence electrons. The number of hydrogen-bond acceptors (Lipinski definition) is 2. The molecule has 0 fully saturated rings. The van der Waals surface area contributed by atoms with Crippen LogP contribution in [0.3, 0.4) is 0 Å². The highest BCUT2D eigenvalue weighted by atomic mass is 16.1. The van der Waals surface area contributed by atoms with Gasteiger partial charge >= 0.3 is 0 Å². The van der Waals surface area contributed by atoms with E-state index in [1.807, 2.05) is 82.3 Å². The molecule has 0 spiro atoms. The molecule has 0 saturated carbocycles. The van der Waals surface area contributed by atoms with Gasteiger partial charge in [0, 0.05) is 23.3 Å². The summed E-state index contributed by atoms with van der Waals surface area (Å²) in [7, 11) is 0. The quantitative estimate of drug-likeness (QED) is 0.708. The Balaban J connectivity index is 2.05. The fourth-order valence-electron chi connectivity index (χ4n) is 2.71. The van der Waals surface area contributed by atoms with Crippen molar-refractivity contribution in [2.24, 2.45) is 11.3 Å². The number of ketones is 2. The number of carbonyl (C=O) groups is 2. The molecule has 2 nitrogen and oxygen atoms in total. The fraction of sp³-hybridized carbons (Fsp3) is 0.364. The molecular weight excluding hydrogens is 296 g/mol. The van der Waals surface area contributed by atoms with Crippen LogP contribution >= 0.6 is 0 Å². The van der Waals surface area contributed by atoms with Crippen molar-refractivity contribution >= 4 is 11.6 Å². The van der Waals surface area contributed by atoms with E-state index in [-0.39, 0.29) is 17.5 Å². The van der Waals surface area contributed by atoms with Crippen LogP contribution in [-0.2, 0) is 17.6 Å². The summed E-state index contributed by atoms with van der Waals surface area (Å²) in [5.74, 6) is 0.298. The lowest BCUT2D eigenvalue weighted by atomic mass is 9.85. The van der Waals surface area contributed by atoms with Crippen molar-refractivity contribution in [3.8, 4) is 0 Å². The van der Waals surface area contributed by atoms with Gasteiger partial charge in [0.25, 0.3) is 0 Å². The van der Waals surface area contributed by atoms with Crippen LogP contribution in [0.4, 0.5) is 0 Å². The smallest absolute Gasteiger partial charge is 0.168 e. The Bertz CT molecular complexity index is 708. The Labute approximate surface area is 144 Å². The summed E-state index contributed by atoms with van der Waals surface area (Å²) in [6.07, 6.45) is 1.12. The summed E-state index contributed by atoms with van der Waals surface area (Å²) in [6.45, 7) is 7.74. The molecule has 1 atom stereocenters. The van der Waals surface area contributed by atoms with Crippen molar-refractivity contribution in [1.82, 2.24) is 0 Å². The van der Waals surface area contributed by atoms with Crippen molar-refractivity contribution in [3.63, 3.8) is 0 Å². The highest BCUT2D eigenvalue weighted by Gasteiger charge is 2.23. The first-order valence-electron chi connectivity index (χ1n) is 8.48. The van der Waals surface area contributed by atoms with E-state index in [9.17, 15) is 9.59 Å². The van der Waals surface area contributed by atoms with Crippen LogP contribution in [0.1, 0.15) is 49.2 Å². The van der Waals surface area contributed by atoms with Crippen LogP contribution in [0.25, 0.3) is 0 Å². The van der Waals surface area contributed by atoms with E-state index in [0.717, 1.165) is 16.7 Å². The van der Waals surface area contributed by atoms with Crippen molar-refractivity contribution in [2.45, 2.75) is 40.5 Å². The molecule has 0 radical (unpaired) electrons. The Morgan fingerprint density at radius 2 is 1.54 bits per heavy atom. The van der Waals surface area contributed by atoms with Crippen LogP contribution < -0.4 is 0 Å². The van der Waals surface area contributed by atoms with Gasteiger partial charge in [-0.05, 0) is 23.6 Å². The van der Waals surface area contributed by atoms with E-state index in [1.54, 1.807) is 0 Å². The van der Waals surface area contributed by atoms with Gasteiger partial charge in [-0.25, -0.2) is 0 Å². The topological polar surface area (TPSA) is 34.1 Å². The van der Waals surface area contributed by atoms with Crippen LogP contribution in [0.15, 0.2) is 54.6 Å². The monoisotopic (exact) mass is 322 g/mol. The highest BCUT2D eigenvalue weighted by molar-refractivity contribution is 5.99. The van der Waals surface area contributed by atoms with Gasteiger partial charge in [0.05, 0.1) is 0 Å². The normalized spacial score (nSPS) is 12.7. The molecule has 0 bridgehead atoms. The molecule has 0 aliphatic heterocycles. The third-order valence-corrected chi connectivity index (χ3v) is 4.18. The minimum Gasteiger partial charge on any atom is -0.299 e. The maximum atomic E-state index is 12.4. The van der Waals surface area contributed by atoms with Crippen molar-refractivity contribution in [1.29, 1.82) is 0 Å². The Kier molecular flexibility index (Phi) is 5.71. The molecule has 0 aliphatic carbocycles. The molecule has 0 aromatic heterocycles. The third-order valence-electron chi connectivity index (χ3n) is 4.18. The first kappa shape index (κ1) is 18.1. The number of carbonyl (C=O) groups excluding carboxylic acids is 2. The summed E-state index contributed by atoms with van der Waals surface area (Å²) < 4.78 is 0. The van der Waals surface area contributed by atoms with E-state index in [0.29, 0.717) is 12.8 Å². The first-order chi connectivity index (χ1) is 11.3. The standard InChI is InChI=1S/C22H26O2/c1-16(20(23)15-17-9-6-5-7-10-17)13-18-11-8-12-19(14-18)21(24)22(2,3)4/h5-12,14,16H,13,15H2,1-4H3. The summed E-state index contributed by atoms with van der Waals surface area (Å²) in [6, 6.07) is 17.5. The number of Topliss-reactive ketones (excluding diaryl/α,β-unsaturated/α-hetero) is 2. The summed E-state index contributed by atoms with van der Waals surface area (Å²) >= 11 is 0. The molecule has 0 saturated heterocycles. The first-order valence-corrected chi connectivity index (χ1v) is 8.48. The lowest BCUT2D eigenvalue weighted by molar-refractivity contribution is -0.121. The molecule has 0 N–H and O–H groups in total. The molecule has 24 heavy (non-hydrogen) atoms. The summed E-state index contributed by atoms with van der Waals surface area (Å²) in [4.78, 5) is 24.8. The third kappa shape index (κ3) is 4.89. The minimum atomic E-state index is -0.395. The Morgan fingerprint density at radius 3 is 2.17 bits per heavy atom. The van der Waals surface area contributed by atoms with Gasteiger partial charge in [0.2, 0.25) is 0 Å². The highest BCUT2D eigenvalue weighted by Crippen LogP contribution is 2.22. The van der Waals surface area contributed by atoms with E-state index >= 15 is 0 Å². The lowest BCUT2D eigenvalue weighted by Gasteiger charge is -2.17. The van der Waals surface area contributed by atoms with Crippen LogP contribution in [0.2, 0.25) is 0 Å². The average Bonchev–Trinajstić information content (AvgIpc) is 2.54. The van der Waals surface area contributed by atoms with Gasteiger partial charge in [-0.15, -0.1) is 0 Å². The maximum absolute atomic E-state index is 12.4. The predicted molar refractivity (Wildman–Crippen MR) is 98.2 cm³/mol. The van der Waals surface area contributed by atoms with E-state index < -0.39 is 5.41 Å². The zero-order chi connectivity index (χ0) is 17.7. The van der Waals surface area contributed by atoms with Crippen molar-refractivity contribution in [2.75, 3.05) is 0 Å². The second-order valence-electron chi connectivity index (χ2n) is 7.51. The second kappa shape index (κ2) is 7.57. The zero-order valence-corrected chi connectivity index (χ0v) is 15.0. The second-order valence-corrected chi connectivity index (χ2v) is 7.51. The SMILES string of the molecule is CC(Cc1cccc(C(=O)C(C)(C)C)c1)C(=O)Cc1ccccc1. The van der Waals surface area contributed by atoms with Gasteiger partial charge in [0.1, 0.15) is 5.78 Å². The molecular formula is C22H26O2.